The van der Waals surface area contributed by atoms with Crippen LogP contribution < -0.4 is 9.80 Å². The highest BCUT2D eigenvalue weighted by Gasteiger charge is 2.45. The lowest BCUT2D eigenvalue weighted by Gasteiger charge is -2.50. The zero-order chi connectivity index (χ0) is 34.0. The number of aromatic nitrogens is 2. The molecule has 242 valence electrons. The van der Waals surface area contributed by atoms with Gasteiger partial charge in [-0.15, -0.1) is 0 Å². The molecule has 5 aromatic carbocycles. The van der Waals surface area contributed by atoms with Crippen molar-refractivity contribution in [3.8, 4) is 22.5 Å². The number of anilines is 6. The summed E-state index contributed by atoms with van der Waals surface area (Å²) >= 11 is 0. The second-order valence-electron chi connectivity index (χ2n) is 14.4. The summed E-state index contributed by atoms with van der Waals surface area (Å²) in [6, 6.07) is 52.4. The van der Waals surface area contributed by atoms with Crippen molar-refractivity contribution in [2.45, 2.75) is 38.5 Å². The Morgan fingerprint density at radius 3 is 1.36 bits per heavy atom. The normalized spacial score (nSPS) is 14.7. The third-order valence-corrected chi connectivity index (χ3v) is 10.7. The third kappa shape index (κ3) is 4.59. The van der Waals surface area contributed by atoms with Gasteiger partial charge >= 0.3 is 0 Å². The SMILES string of the molecule is CC1(C)c2ccccc2N2c3ccccc3C(C)(C)c3cc(N(c4cccc(-c5ccccn5)c4)c4cccc(-c5ccccn5)c4)cc1c32. The molecule has 0 aliphatic carbocycles. The molecular formula is C46H38N4. The number of para-hydroxylation sites is 2. The van der Waals surface area contributed by atoms with Crippen LogP contribution in [0.4, 0.5) is 34.1 Å². The minimum absolute atomic E-state index is 0.243. The lowest BCUT2D eigenvalue weighted by atomic mass is 9.66. The van der Waals surface area contributed by atoms with Crippen LogP contribution in [0.5, 0.6) is 0 Å². The van der Waals surface area contributed by atoms with Crippen LogP contribution >= 0.6 is 0 Å². The topological polar surface area (TPSA) is 32.3 Å². The maximum Gasteiger partial charge on any atom is 0.0702 e. The molecule has 0 amide bonds. The third-order valence-electron chi connectivity index (χ3n) is 10.7. The van der Waals surface area contributed by atoms with Crippen molar-refractivity contribution in [1.29, 1.82) is 0 Å². The Hall–Kier alpha value is -6.00. The van der Waals surface area contributed by atoms with Crippen LogP contribution in [0.1, 0.15) is 49.9 Å². The first-order valence-electron chi connectivity index (χ1n) is 17.3. The highest BCUT2D eigenvalue weighted by Crippen LogP contribution is 2.61. The number of benzene rings is 5. The van der Waals surface area contributed by atoms with E-state index in [1.807, 2.05) is 36.7 Å². The Morgan fingerprint density at radius 2 is 0.900 bits per heavy atom. The first kappa shape index (κ1) is 30.1. The number of nitrogens with zero attached hydrogens (tertiary/aromatic N) is 4. The largest absolute Gasteiger partial charge is 0.310 e. The van der Waals surface area contributed by atoms with Crippen LogP contribution in [-0.2, 0) is 10.8 Å². The predicted molar refractivity (Wildman–Crippen MR) is 207 cm³/mol. The first-order valence-corrected chi connectivity index (χ1v) is 17.3. The molecule has 0 atom stereocenters. The van der Waals surface area contributed by atoms with Gasteiger partial charge in [-0.3, -0.25) is 9.97 Å². The molecule has 0 N–H and O–H groups in total. The zero-order valence-corrected chi connectivity index (χ0v) is 28.8. The van der Waals surface area contributed by atoms with E-state index in [2.05, 4.69) is 159 Å². The summed E-state index contributed by atoms with van der Waals surface area (Å²) in [5.74, 6) is 0. The van der Waals surface area contributed by atoms with E-state index in [0.717, 1.165) is 39.6 Å². The van der Waals surface area contributed by atoms with Crippen molar-refractivity contribution >= 4 is 34.1 Å². The molecule has 0 spiro atoms. The molecule has 4 heteroatoms. The van der Waals surface area contributed by atoms with E-state index in [0.29, 0.717) is 0 Å². The Labute approximate surface area is 294 Å². The summed E-state index contributed by atoms with van der Waals surface area (Å²) in [5.41, 5.74) is 15.9. The average Bonchev–Trinajstić information content (AvgIpc) is 3.16. The molecule has 7 aromatic rings. The van der Waals surface area contributed by atoms with Gasteiger partial charge in [-0.1, -0.05) is 100 Å². The molecule has 0 unspecified atom stereocenters. The summed E-state index contributed by atoms with van der Waals surface area (Å²) in [5, 5.41) is 0. The molecule has 0 saturated heterocycles. The minimum Gasteiger partial charge on any atom is -0.310 e. The number of hydrogen-bond acceptors (Lipinski definition) is 4. The van der Waals surface area contributed by atoms with Gasteiger partial charge in [-0.25, -0.2) is 0 Å². The molecule has 2 aliphatic heterocycles. The maximum atomic E-state index is 4.70. The van der Waals surface area contributed by atoms with Crippen LogP contribution in [0.25, 0.3) is 22.5 Å². The van der Waals surface area contributed by atoms with E-state index >= 15 is 0 Å². The highest BCUT2D eigenvalue weighted by atomic mass is 15.2. The Balaban J connectivity index is 1.33. The van der Waals surface area contributed by atoms with E-state index in [4.69, 9.17) is 9.97 Å². The van der Waals surface area contributed by atoms with Crippen molar-refractivity contribution in [3.63, 3.8) is 0 Å². The van der Waals surface area contributed by atoms with Gasteiger partial charge in [0.2, 0.25) is 0 Å². The second kappa shape index (κ2) is 11.3. The fourth-order valence-corrected chi connectivity index (χ4v) is 8.12. The van der Waals surface area contributed by atoms with Gasteiger partial charge in [0.25, 0.3) is 0 Å². The van der Waals surface area contributed by atoms with Crippen LogP contribution in [-0.4, -0.2) is 9.97 Å². The smallest absolute Gasteiger partial charge is 0.0702 e. The molecule has 9 rings (SSSR count). The Morgan fingerprint density at radius 1 is 0.440 bits per heavy atom. The van der Waals surface area contributed by atoms with Gasteiger partial charge in [0, 0.05) is 51.4 Å². The summed E-state index contributed by atoms with van der Waals surface area (Å²) < 4.78 is 0. The molecule has 2 aliphatic rings. The van der Waals surface area contributed by atoms with Crippen LogP contribution in [0.15, 0.2) is 158 Å². The number of pyridine rings is 2. The summed E-state index contributed by atoms with van der Waals surface area (Å²) in [4.78, 5) is 14.3. The standard InChI is InChI=1S/C46H38N4/c1-45(2)36-19-5-7-23-42(36)50-43-24-8-6-20-37(43)46(3,4)39-30-35(29-38(45)44(39)50)49(33-17-13-15-31(27-33)40-21-9-11-25-47-40)34-18-14-16-32(28-34)41-22-10-12-26-48-41/h5-30H,1-4H3. The Bertz CT molecular complexity index is 2230. The van der Waals surface area contributed by atoms with Crippen LogP contribution in [0, 0.1) is 0 Å². The van der Waals surface area contributed by atoms with Gasteiger partial charge < -0.3 is 9.80 Å². The van der Waals surface area contributed by atoms with Crippen molar-refractivity contribution < 1.29 is 0 Å². The van der Waals surface area contributed by atoms with Gasteiger partial charge in [-0.05, 0) is 95.1 Å². The summed E-state index contributed by atoms with van der Waals surface area (Å²) in [6.07, 6.45) is 3.71. The molecule has 4 heterocycles. The van der Waals surface area contributed by atoms with E-state index in [1.165, 1.54) is 39.3 Å². The van der Waals surface area contributed by atoms with E-state index in [-0.39, 0.29) is 10.8 Å². The molecular weight excluding hydrogens is 609 g/mol. The summed E-state index contributed by atoms with van der Waals surface area (Å²) in [7, 11) is 0. The van der Waals surface area contributed by atoms with Crippen LogP contribution in [0.3, 0.4) is 0 Å². The van der Waals surface area contributed by atoms with Crippen molar-refractivity contribution in [3.05, 3.63) is 180 Å². The number of rotatable bonds is 5. The van der Waals surface area contributed by atoms with E-state index < -0.39 is 0 Å². The highest BCUT2D eigenvalue weighted by molar-refractivity contribution is 5.95. The molecule has 2 aromatic heterocycles. The molecule has 0 radical (unpaired) electrons. The number of fused-ring (bicyclic) bond motifs is 4. The molecule has 4 nitrogen and oxygen atoms in total. The van der Waals surface area contributed by atoms with Gasteiger partial charge in [-0.2, -0.15) is 0 Å². The molecule has 50 heavy (non-hydrogen) atoms. The second-order valence-corrected chi connectivity index (χ2v) is 14.4. The van der Waals surface area contributed by atoms with Gasteiger partial charge in [0.15, 0.2) is 0 Å². The van der Waals surface area contributed by atoms with Crippen molar-refractivity contribution in [1.82, 2.24) is 9.97 Å². The molecule has 0 fully saturated rings. The van der Waals surface area contributed by atoms with E-state index in [1.54, 1.807) is 0 Å². The quantitative estimate of drug-likeness (QED) is 0.186. The fraction of sp³-hybridized carbons (Fsp3) is 0.130. The van der Waals surface area contributed by atoms with Crippen molar-refractivity contribution in [2.24, 2.45) is 0 Å². The van der Waals surface area contributed by atoms with Gasteiger partial charge in [0.05, 0.1) is 28.5 Å². The maximum absolute atomic E-state index is 4.70. The van der Waals surface area contributed by atoms with E-state index in [9.17, 15) is 0 Å². The molecule has 0 saturated carbocycles. The Kier molecular flexibility index (Phi) is 6.79. The summed E-state index contributed by atoms with van der Waals surface area (Å²) in [6.45, 7) is 9.52. The molecule has 0 bridgehead atoms. The lowest BCUT2D eigenvalue weighted by molar-refractivity contribution is 0.597. The van der Waals surface area contributed by atoms with Crippen molar-refractivity contribution in [2.75, 3.05) is 9.80 Å². The fourth-order valence-electron chi connectivity index (χ4n) is 8.12. The number of hydrogen-bond donors (Lipinski definition) is 0. The predicted octanol–water partition coefficient (Wildman–Crippen LogP) is 12.0. The zero-order valence-electron chi connectivity index (χ0n) is 28.8. The lowest BCUT2D eigenvalue weighted by Crippen LogP contribution is -2.38. The van der Waals surface area contributed by atoms with Crippen LogP contribution in [0.2, 0.25) is 0 Å². The van der Waals surface area contributed by atoms with Gasteiger partial charge in [0.1, 0.15) is 0 Å². The average molecular weight is 647 g/mol. The minimum atomic E-state index is -0.243. The monoisotopic (exact) mass is 646 g/mol. The first-order chi connectivity index (χ1) is 24.3.